The van der Waals surface area contributed by atoms with Crippen molar-refractivity contribution in [3.05, 3.63) is 48.3 Å². The molecular formula is C13H13N3O2. The maximum Gasteiger partial charge on any atom is 0.305 e. The highest BCUT2D eigenvalue weighted by atomic mass is 16.4. The number of aliphatic carboxylic acids is 1. The fourth-order valence-electron chi connectivity index (χ4n) is 1.57. The standard InChI is InChI=1S/C13H13N3O2/c14-11(6-12(17)18)10-7-15-13(16-8-10)9-4-2-1-3-5-9/h1-5,7-8,11H,6,14H2,(H,17,18). The molecule has 0 radical (unpaired) electrons. The highest BCUT2D eigenvalue weighted by Crippen LogP contribution is 2.16. The van der Waals surface area contributed by atoms with Crippen molar-refractivity contribution in [2.75, 3.05) is 0 Å². The van der Waals surface area contributed by atoms with Crippen molar-refractivity contribution in [2.24, 2.45) is 5.73 Å². The molecular weight excluding hydrogens is 230 g/mol. The molecule has 5 heteroatoms. The Morgan fingerprint density at radius 3 is 2.39 bits per heavy atom. The maximum absolute atomic E-state index is 10.6. The van der Waals surface area contributed by atoms with E-state index in [0.29, 0.717) is 11.4 Å². The topological polar surface area (TPSA) is 89.1 Å². The van der Waals surface area contributed by atoms with Crippen LogP contribution in [0, 0.1) is 0 Å². The van der Waals surface area contributed by atoms with Gasteiger partial charge in [-0.1, -0.05) is 30.3 Å². The molecule has 2 aromatic rings. The molecule has 0 saturated carbocycles. The summed E-state index contributed by atoms with van der Waals surface area (Å²) in [4.78, 5) is 18.9. The van der Waals surface area contributed by atoms with Gasteiger partial charge in [0.1, 0.15) is 0 Å². The number of aromatic nitrogens is 2. The van der Waals surface area contributed by atoms with Crippen LogP contribution in [0.1, 0.15) is 18.0 Å². The first-order valence-electron chi connectivity index (χ1n) is 5.51. The van der Waals surface area contributed by atoms with E-state index in [9.17, 15) is 4.79 Å². The van der Waals surface area contributed by atoms with E-state index in [1.54, 1.807) is 12.4 Å². The van der Waals surface area contributed by atoms with Gasteiger partial charge in [-0.05, 0) is 0 Å². The summed E-state index contributed by atoms with van der Waals surface area (Å²) < 4.78 is 0. The van der Waals surface area contributed by atoms with Crippen LogP contribution in [-0.2, 0) is 4.79 Å². The summed E-state index contributed by atoms with van der Waals surface area (Å²) in [5, 5.41) is 8.66. The smallest absolute Gasteiger partial charge is 0.305 e. The molecule has 0 fully saturated rings. The third-order valence-electron chi connectivity index (χ3n) is 2.53. The van der Waals surface area contributed by atoms with Gasteiger partial charge in [0, 0.05) is 29.6 Å². The zero-order valence-corrected chi connectivity index (χ0v) is 9.65. The Morgan fingerprint density at radius 1 is 1.22 bits per heavy atom. The number of rotatable bonds is 4. The SMILES string of the molecule is NC(CC(=O)O)c1cnc(-c2ccccc2)nc1. The quantitative estimate of drug-likeness (QED) is 0.851. The molecule has 18 heavy (non-hydrogen) atoms. The largest absolute Gasteiger partial charge is 0.481 e. The fraction of sp³-hybridized carbons (Fsp3) is 0.154. The average Bonchev–Trinajstić information content (AvgIpc) is 2.39. The normalized spacial score (nSPS) is 12.1. The Bertz CT molecular complexity index is 526. The van der Waals surface area contributed by atoms with E-state index in [0.717, 1.165) is 5.56 Å². The highest BCUT2D eigenvalue weighted by molar-refractivity contribution is 5.67. The lowest BCUT2D eigenvalue weighted by molar-refractivity contribution is -0.137. The van der Waals surface area contributed by atoms with E-state index in [1.165, 1.54) is 0 Å². The van der Waals surface area contributed by atoms with Crippen LogP contribution in [-0.4, -0.2) is 21.0 Å². The van der Waals surface area contributed by atoms with Crippen LogP contribution in [0.2, 0.25) is 0 Å². The van der Waals surface area contributed by atoms with Crippen molar-refractivity contribution in [1.29, 1.82) is 0 Å². The summed E-state index contributed by atoms with van der Waals surface area (Å²) in [6.45, 7) is 0. The van der Waals surface area contributed by atoms with E-state index < -0.39 is 12.0 Å². The Kier molecular flexibility index (Phi) is 3.64. The summed E-state index contributed by atoms with van der Waals surface area (Å²) >= 11 is 0. The van der Waals surface area contributed by atoms with E-state index in [4.69, 9.17) is 10.8 Å². The van der Waals surface area contributed by atoms with Gasteiger partial charge in [-0.2, -0.15) is 0 Å². The number of carboxylic acid groups (broad SMARTS) is 1. The number of benzene rings is 1. The van der Waals surface area contributed by atoms with Crippen molar-refractivity contribution < 1.29 is 9.90 Å². The third-order valence-corrected chi connectivity index (χ3v) is 2.53. The molecule has 1 aromatic heterocycles. The predicted octanol–water partition coefficient (Wildman–Crippen LogP) is 1.62. The zero-order chi connectivity index (χ0) is 13.0. The van der Waals surface area contributed by atoms with Gasteiger partial charge in [0.15, 0.2) is 5.82 Å². The molecule has 0 aliphatic carbocycles. The molecule has 1 aromatic carbocycles. The first-order chi connectivity index (χ1) is 8.66. The molecule has 1 unspecified atom stereocenters. The monoisotopic (exact) mass is 243 g/mol. The summed E-state index contributed by atoms with van der Waals surface area (Å²) in [6, 6.07) is 8.97. The van der Waals surface area contributed by atoms with Crippen LogP contribution in [0.4, 0.5) is 0 Å². The Labute approximate surface area is 104 Å². The minimum atomic E-state index is -0.936. The number of carbonyl (C=O) groups is 1. The number of hydrogen-bond acceptors (Lipinski definition) is 4. The van der Waals surface area contributed by atoms with Gasteiger partial charge in [0.25, 0.3) is 0 Å². The van der Waals surface area contributed by atoms with Gasteiger partial charge < -0.3 is 10.8 Å². The van der Waals surface area contributed by atoms with Crippen molar-refractivity contribution in [2.45, 2.75) is 12.5 Å². The Balaban J connectivity index is 2.18. The molecule has 0 bridgehead atoms. The van der Waals surface area contributed by atoms with Gasteiger partial charge in [-0.25, -0.2) is 9.97 Å². The fourth-order valence-corrected chi connectivity index (χ4v) is 1.57. The van der Waals surface area contributed by atoms with E-state index in [1.807, 2.05) is 30.3 Å². The predicted molar refractivity (Wildman–Crippen MR) is 66.6 cm³/mol. The molecule has 92 valence electrons. The van der Waals surface area contributed by atoms with Crippen LogP contribution in [0.25, 0.3) is 11.4 Å². The van der Waals surface area contributed by atoms with Crippen LogP contribution >= 0.6 is 0 Å². The lowest BCUT2D eigenvalue weighted by Gasteiger charge is -2.08. The maximum atomic E-state index is 10.6. The van der Waals surface area contributed by atoms with Crippen LogP contribution in [0.15, 0.2) is 42.7 Å². The van der Waals surface area contributed by atoms with E-state index in [2.05, 4.69) is 9.97 Å². The summed E-state index contributed by atoms with van der Waals surface area (Å²) in [6.07, 6.45) is 3.01. The lowest BCUT2D eigenvalue weighted by Crippen LogP contribution is -2.15. The molecule has 1 atom stereocenters. The molecule has 5 nitrogen and oxygen atoms in total. The average molecular weight is 243 g/mol. The molecule has 3 N–H and O–H groups in total. The van der Waals surface area contributed by atoms with Crippen molar-refractivity contribution in [3.63, 3.8) is 0 Å². The molecule has 0 aliphatic heterocycles. The molecule has 0 saturated heterocycles. The number of carboxylic acids is 1. The van der Waals surface area contributed by atoms with Crippen molar-refractivity contribution in [3.8, 4) is 11.4 Å². The second-order valence-electron chi connectivity index (χ2n) is 3.91. The molecule has 2 rings (SSSR count). The molecule has 1 heterocycles. The van der Waals surface area contributed by atoms with Gasteiger partial charge in [-0.3, -0.25) is 4.79 Å². The molecule has 0 amide bonds. The van der Waals surface area contributed by atoms with Crippen LogP contribution in [0.5, 0.6) is 0 Å². The summed E-state index contributed by atoms with van der Waals surface area (Å²) in [5.41, 5.74) is 7.26. The summed E-state index contributed by atoms with van der Waals surface area (Å²) in [7, 11) is 0. The van der Waals surface area contributed by atoms with E-state index in [-0.39, 0.29) is 6.42 Å². The van der Waals surface area contributed by atoms with Crippen molar-refractivity contribution in [1.82, 2.24) is 9.97 Å². The second kappa shape index (κ2) is 5.37. The molecule has 0 aliphatic rings. The zero-order valence-electron chi connectivity index (χ0n) is 9.65. The van der Waals surface area contributed by atoms with E-state index >= 15 is 0 Å². The lowest BCUT2D eigenvalue weighted by atomic mass is 10.1. The van der Waals surface area contributed by atoms with Crippen molar-refractivity contribution >= 4 is 5.97 Å². The molecule has 0 spiro atoms. The number of nitrogens with two attached hydrogens (primary N) is 1. The van der Waals surface area contributed by atoms with Crippen LogP contribution in [0.3, 0.4) is 0 Å². The Morgan fingerprint density at radius 2 is 1.83 bits per heavy atom. The van der Waals surface area contributed by atoms with Gasteiger partial charge in [-0.15, -0.1) is 0 Å². The first-order valence-corrected chi connectivity index (χ1v) is 5.51. The number of nitrogens with zero attached hydrogens (tertiary/aromatic N) is 2. The highest BCUT2D eigenvalue weighted by Gasteiger charge is 2.11. The number of hydrogen-bond donors (Lipinski definition) is 2. The first kappa shape index (κ1) is 12.2. The Hall–Kier alpha value is -2.27. The van der Waals surface area contributed by atoms with Crippen LogP contribution < -0.4 is 5.73 Å². The minimum Gasteiger partial charge on any atom is -0.481 e. The second-order valence-corrected chi connectivity index (χ2v) is 3.91. The van der Waals surface area contributed by atoms with Gasteiger partial charge in [0.05, 0.1) is 6.42 Å². The third kappa shape index (κ3) is 2.89. The summed E-state index contributed by atoms with van der Waals surface area (Å²) in [5.74, 6) is -0.337. The van der Waals surface area contributed by atoms with Gasteiger partial charge in [0.2, 0.25) is 0 Å². The van der Waals surface area contributed by atoms with Gasteiger partial charge >= 0.3 is 5.97 Å². The minimum absolute atomic E-state index is 0.131.